The van der Waals surface area contributed by atoms with E-state index in [1.165, 1.54) is 16.9 Å². The van der Waals surface area contributed by atoms with E-state index in [9.17, 15) is 8.42 Å². The van der Waals surface area contributed by atoms with Gasteiger partial charge in [-0.3, -0.25) is 9.05 Å². The highest BCUT2D eigenvalue weighted by atomic mass is 32.2. The van der Waals surface area contributed by atoms with Gasteiger partial charge in [0.25, 0.3) is 0 Å². The van der Waals surface area contributed by atoms with Crippen LogP contribution in [0.2, 0.25) is 0 Å². The van der Waals surface area contributed by atoms with Gasteiger partial charge < -0.3 is 4.48 Å². The van der Waals surface area contributed by atoms with Gasteiger partial charge in [-0.05, 0) is 69.3 Å². The summed E-state index contributed by atoms with van der Waals surface area (Å²) in [4.78, 5) is 5.40. The van der Waals surface area contributed by atoms with Gasteiger partial charge in [-0.15, -0.1) is 0 Å². The Balaban J connectivity index is 1.32. The maximum atomic E-state index is 14.9. The molecule has 0 saturated carbocycles. The number of sulfone groups is 1. The van der Waals surface area contributed by atoms with E-state index in [1.54, 1.807) is 6.07 Å². The first-order valence-corrected chi connectivity index (χ1v) is 19.4. The molecule has 6 nitrogen and oxygen atoms in total. The average Bonchev–Trinajstić information content (AvgIpc) is 3.62. The van der Waals surface area contributed by atoms with Crippen LogP contribution in [-0.4, -0.2) is 31.7 Å². The lowest BCUT2D eigenvalue weighted by molar-refractivity contribution is 0.157. The predicted octanol–water partition coefficient (Wildman–Crippen LogP) is 10.6. The molecule has 9 rings (SSSR count). The fourth-order valence-electron chi connectivity index (χ4n) is 8.09. The summed E-state index contributed by atoms with van der Waals surface area (Å²) in [5, 5.41) is 2.05. The molecule has 2 atom stereocenters. The molecular formula is C44H49N4O2S+. The van der Waals surface area contributed by atoms with Crippen LogP contribution < -0.4 is 8.97 Å². The monoisotopic (exact) mass is 697 g/mol. The van der Waals surface area contributed by atoms with Crippen molar-refractivity contribution in [1.29, 1.82) is 0 Å². The number of hydrogen-bond acceptors (Lipinski definition) is 3. The molecule has 6 aromatic rings. The molecule has 0 amide bonds. The Morgan fingerprint density at radius 3 is 1.98 bits per heavy atom. The summed E-state index contributed by atoms with van der Waals surface area (Å²) in [6.07, 6.45) is 1.85. The Morgan fingerprint density at radius 1 is 0.647 bits per heavy atom. The molecule has 0 N–H and O–H groups in total. The molecule has 3 aliphatic rings. The molecule has 1 saturated heterocycles. The zero-order valence-electron chi connectivity index (χ0n) is 31.5. The third-order valence-corrected chi connectivity index (χ3v) is 12.8. The fourth-order valence-corrected chi connectivity index (χ4v) is 9.43. The van der Waals surface area contributed by atoms with E-state index in [0.717, 1.165) is 55.6 Å². The minimum atomic E-state index is -3.93. The van der Waals surface area contributed by atoms with E-state index in [0.29, 0.717) is 9.38 Å². The number of pyridine rings is 1. The van der Waals surface area contributed by atoms with Gasteiger partial charge in [0.1, 0.15) is 11.5 Å². The van der Waals surface area contributed by atoms with Crippen LogP contribution in [0.5, 0.6) is 0 Å². The van der Waals surface area contributed by atoms with E-state index in [2.05, 4.69) is 129 Å². The van der Waals surface area contributed by atoms with Crippen molar-refractivity contribution in [2.75, 3.05) is 13.7 Å². The normalized spacial score (nSPS) is 20.5. The van der Waals surface area contributed by atoms with Crippen molar-refractivity contribution in [3.8, 4) is 5.82 Å². The molecule has 262 valence electrons. The second kappa shape index (κ2) is 10.6. The van der Waals surface area contributed by atoms with Crippen molar-refractivity contribution in [3.63, 3.8) is 0 Å². The van der Waals surface area contributed by atoms with E-state index >= 15 is 0 Å². The molecule has 0 spiro atoms. The summed E-state index contributed by atoms with van der Waals surface area (Å²) in [6, 6.07) is 30.9. The summed E-state index contributed by atoms with van der Waals surface area (Å²) in [5.41, 5.74) is 8.40. The van der Waals surface area contributed by atoms with Crippen molar-refractivity contribution >= 4 is 48.7 Å². The van der Waals surface area contributed by atoms with Gasteiger partial charge in [0.2, 0.25) is 9.84 Å². The average molecular weight is 698 g/mol. The molecule has 1 fully saturated rings. The summed E-state index contributed by atoms with van der Waals surface area (Å²) in [7, 11) is -1.69. The second-order valence-electron chi connectivity index (χ2n) is 18.0. The third-order valence-electron chi connectivity index (χ3n) is 11.1. The van der Waals surface area contributed by atoms with Crippen LogP contribution in [0.3, 0.4) is 0 Å². The largest absolute Gasteiger partial charge is 0.325 e. The Morgan fingerprint density at radius 2 is 1.29 bits per heavy atom. The highest BCUT2D eigenvalue weighted by Crippen LogP contribution is 2.61. The Hall–Kier alpha value is -4.30. The molecule has 2 bridgehead atoms. The van der Waals surface area contributed by atoms with Crippen molar-refractivity contribution in [1.82, 2.24) is 18.5 Å². The lowest BCUT2D eigenvalue weighted by atomic mass is 9.86. The molecule has 4 aromatic carbocycles. The van der Waals surface area contributed by atoms with E-state index in [4.69, 9.17) is 4.98 Å². The molecule has 0 unspecified atom stereocenters. The number of para-hydroxylation sites is 1. The second-order valence-corrected chi connectivity index (χ2v) is 19.9. The molecular weight excluding hydrogens is 649 g/mol. The van der Waals surface area contributed by atoms with Crippen LogP contribution >= 0.6 is 0 Å². The van der Waals surface area contributed by atoms with Crippen LogP contribution in [-0.2, 0) is 26.1 Å². The first kappa shape index (κ1) is 33.8. The molecule has 5 heterocycles. The lowest BCUT2D eigenvalue weighted by Crippen LogP contribution is -2.68. The van der Waals surface area contributed by atoms with Crippen LogP contribution in [0.1, 0.15) is 79.0 Å². The SMILES string of the molecule is CC(C)(C)c1cc([N@@+]23[CH-][N@@+](C)(C2)c2ccc(C(C)(C)C)cc23)cc(S(=O)(=O)c2ccc3c4ccccc4n(-c4cc(C(C)(C)C)ccn4)c3c2)c1. The fraction of sp³-hybridized carbons (Fsp3) is 0.318. The Kier molecular flexibility index (Phi) is 7.05. The molecule has 0 radical (unpaired) electrons. The van der Waals surface area contributed by atoms with Gasteiger partial charge in [-0.2, -0.15) is 0 Å². The zero-order valence-corrected chi connectivity index (χ0v) is 32.4. The van der Waals surface area contributed by atoms with Crippen molar-refractivity contribution < 1.29 is 8.42 Å². The molecule has 51 heavy (non-hydrogen) atoms. The highest BCUT2D eigenvalue weighted by molar-refractivity contribution is 7.91. The van der Waals surface area contributed by atoms with Gasteiger partial charge in [-0.1, -0.05) is 92.6 Å². The maximum Gasteiger partial charge on any atom is 0.206 e. The van der Waals surface area contributed by atoms with E-state index in [-0.39, 0.29) is 21.1 Å². The smallest absolute Gasteiger partial charge is 0.206 e. The van der Waals surface area contributed by atoms with Gasteiger partial charge >= 0.3 is 0 Å². The Bertz CT molecular complexity index is 2520. The zero-order chi connectivity index (χ0) is 36.5. The number of nitrogens with zero attached hydrogens (tertiary/aromatic N) is 4. The molecule has 7 heteroatoms. The minimum Gasteiger partial charge on any atom is -0.325 e. The van der Waals surface area contributed by atoms with Gasteiger partial charge in [0, 0.05) is 41.2 Å². The highest BCUT2D eigenvalue weighted by Gasteiger charge is 2.60. The quantitative estimate of drug-likeness (QED) is 0.136. The Labute approximate surface area is 303 Å². The number of quaternary nitrogens is 2. The van der Waals surface area contributed by atoms with Crippen molar-refractivity contribution in [3.05, 3.63) is 121 Å². The van der Waals surface area contributed by atoms with Gasteiger partial charge in [0.15, 0.2) is 18.0 Å². The number of hydrogen-bond donors (Lipinski definition) is 0. The van der Waals surface area contributed by atoms with E-state index < -0.39 is 9.84 Å². The number of fused-ring (bicyclic) bond motifs is 3. The lowest BCUT2D eigenvalue weighted by Gasteiger charge is -2.55. The predicted molar refractivity (Wildman–Crippen MR) is 211 cm³/mol. The van der Waals surface area contributed by atoms with Crippen LogP contribution in [0.15, 0.2) is 107 Å². The summed E-state index contributed by atoms with van der Waals surface area (Å²) >= 11 is 0. The third kappa shape index (κ3) is 5.11. The summed E-state index contributed by atoms with van der Waals surface area (Å²) in [6.45, 7) is 22.9. The van der Waals surface area contributed by atoms with Crippen LogP contribution in [0.25, 0.3) is 27.6 Å². The van der Waals surface area contributed by atoms with Crippen LogP contribution in [0, 0.1) is 6.67 Å². The van der Waals surface area contributed by atoms with Crippen molar-refractivity contribution in [2.24, 2.45) is 0 Å². The first-order valence-electron chi connectivity index (χ1n) is 17.9. The summed E-state index contributed by atoms with van der Waals surface area (Å²) in [5.74, 6) is 0.771. The van der Waals surface area contributed by atoms with Crippen molar-refractivity contribution in [2.45, 2.75) is 88.3 Å². The topological polar surface area (TPSA) is 52.0 Å². The summed E-state index contributed by atoms with van der Waals surface area (Å²) < 4.78 is 33.2. The molecule has 2 aromatic heterocycles. The number of rotatable bonds is 4. The minimum absolute atomic E-state index is 0.00648. The molecule has 0 aliphatic carbocycles. The van der Waals surface area contributed by atoms with Crippen LogP contribution in [0.4, 0.5) is 17.1 Å². The number of benzene rings is 4. The maximum absolute atomic E-state index is 14.9. The molecule has 3 aliphatic heterocycles. The van der Waals surface area contributed by atoms with Gasteiger partial charge in [-0.25, -0.2) is 13.4 Å². The van der Waals surface area contributed by atoms with Gasteiger partial charge in [0.05, 0.1) is 34.5 Å². The first-order chi connectivity index (χ1) is 23.7. The number of aromatic nitrogens is 2. The van der Waals surface area contributed by atoms with E-state index in [1.807, 2.05) is 42.6 Å². The standard InChI is InChI=1S/C44H49N4O2S/c1-42(2,3)29-15-18-39-40(23-29)48(27-47(39,10)28-48)32-21-31(44(7,8)9)22-34(25-32)51(49,50)33-16-17-36-35-13-11-12-14-37(35)46(38(36)26-33)41-24-30(19-20-45-41)43(4,5)6/h11-27H,28H2,1-10H3/q+1/t47-,48+/m0/s1.